The molecule has 0 aromatic heterocycles. The van der Waals surface area contributed by atoms with Gasteiger partial charge in [0.2, 0.25) is 5.91 Å². The average Bonchev–Trinajstić information content (AvgIpc) is 2.52. The fourth-order valence-electron chi connectivity index (χ4n) is 2.30. The number of ether oxygens (including phenoxy) is 1. The standard InChI is InChI=1S/C19H21Cl2NO2/c1-13(2)24-15-6-3-5-14(11-15)12-22-19(23)10-9-16-17(20)7-4-8-18(16)21/h3-8,11,13H,9-10,12H2,1-2H3,(H,22,23). The summed E-state index contributed by atoms with van der Waals surface area (Å²) in [5.74, 6) is 0.765. The predicted octanol–water partition coefficient (Wildman–Crippen LogP) is 5.03. The van der Waals surface area contributed by atoms with Crippen LogP contribution in [0.15, 0.2) is 42.5 Å². The molecule has 3 nitrogen and oxygen atoms in total. The normalized spacial score (nSPS) is 10.7. The molecular formula is C19H21Cl2NO2. The van der Waals surface area contributed by atoms with E-state index in [9.17, 15) is 4.79 Å². The Balaban J connectivity index is 1.85. The second-order valence-electron chi connectivity index (χ2n) is 5.79. The zero-order valence-corrected chi connectivity index (χ0v) is 15.3. The number of benzene rings is 2. The zero-order chi connectivity index (χ0) is 17.5. The molecular weight excluding hydrogens is 345 g/mol. The van der Waals surface area contributed by atoms with Gasteiger partial charge in [0.25, 0.3) is 0 Å². The van der Waals surface area contributed by atoms with Gasteiger partial charge in [0.1, 0.15) is 5.75 Å². The lowest BCUT2D eigenvalue weighted by Gasteiger charge is -2.11. The maximum Gasteiger partial charge on any atom is 0.220 e. The van der Waals surface area contributed by atoms with Gasteiger partial charge in [0.15, 0.2) is 0 Å². The molecule has 5 heteroatoms. The van der Waals surface area contributed by atoms with E-state index in [1.54, 1.807) is 18.2 Å². The highest BCUT2D eigenvalue weighted by atomic mass is 35.5. The maximum atomic E-state index is 12.0. The first-order valence-electron chi connectivity index (χ1n) is 7.91. The summed E-state index contributed by atoms with van der Waals surface area (Å²) < 4.78 is 5.65. The maximum absolute atomic E-state index is 12.0. The van der Waals surface area contributed by atoms with Crippen LogP contribution >= 0.6 is 23.2 Å². The van der Waals surface area contributed by atoms with Gasteiger partial charge in [0, 0.05) is 23.0 Å². The summed E-state index contributed by atoms with van der Waals surface area (Å²) in [4.78, 5) is 12.0. The van der Waals surface area contributed by atoms with Crippen LogP contribution in [0.5, 0.6) is 5.75 Å². The molecule has 2 rings (SSSR count). The van der Waals surface area contributed by atoms with Gasteiger partial charge >= 0.3 is 0 Å². The Morgan fingerprint density at radius 1 is 1.12 bits per heavy atom. The molecule has 0 aliphatic rings. The molecule has 1 N–H and O–H groups in total. The molecule has 0 fully saturated rings. The van der Waals surface area contributed by atoms with E-state index in [0.29, 0.717) is 29.4 Å². The highest BCUT2D eigenvalue weighted by Gasteiger charge is 2.09. The minimum atomic E-state index is -0.0406. The Hall–Kier alpha value is -1.71. The minimum absolute atomic E-state index is 0.0406. The first kappa shape index (κ1) is 18.6. The molecule has 24 heavy (non-hydrogen) atoms. The SMILES string of the molecule is CC(C)Oc1cccc(CNC(=O)CCc2c(Cl)cccc2Cl)c1. The number of hydrogen-bond acceptors (Lipinski definition) is 2. The third-order valence-corrected chi connectivity index (χ3v) is 4.13. The summed E-state index contributed by atoms with van der Waals surface area (Å²) in [5, 5.41) is 4.09. The van der Waals surface area contributed by atoms with Crippen LogP contribution in [0.3, 0.4) is 0 Å². The van der Waals surface area contributed by atoms with Crippen LogP contribution in [0.25, 0.3) is 0 Å². The van der Waals surface area contributed by atoms with Crippen LogP contribution in [-0.4, -0.2) is 12.0 Å². The summed E-state index contributed by atoms with van der Waals surface area (Å²) >= 11 is 12.2. The molecule has 0 aliphatic carbocycles. The van der Waals surface area contributed by atoms with Crippen molar-refractivity contribution in [3.63, 3.8) is 0 Å². The van der Waals surface area contributed by atoms with E-state index in [-0.39, 0.29) is 12.0 Å². The number of rotatable bonds is 7. The largest absolute Gasteiger partial charge is 0.491 e. The summed E-state index contributed by atoms with van der Waals surface area (Å²) in [6, 6.07) is 13.1. The van der Waals surface area contributed by atoms with Crippen molar-refractivity contribution < 1.29 is 9.53 Å². The third kappa shape index (κ3) is 5.73. The average molecular weight is 366 g/mol. The lowest BCUT2D eigenvalue weighted by molar-refractivity contribution is -0.121. The second kappa shape index (κ2) is 8.95. The Morgan fingerprint density at radius 2 is 1.79 bits per heavy atom. The number of amides is 1. The molecule has 2 aromatic rings. The molecule has 0 aliphatic heterocycles. The smallest absolute Gasteiger partial charge is 0.220 e. The van der Waals surface area contributed by atoms with Crippen molar-refractivity contribution in [1.29, 1.82) is 0 Å². The lowest BCUT2D eigenvalue weighted by Crippen LogP contribution is -2.23. The topological polar surface area (TPSA) is 38.3 Å². The van der Waals surface area contributed by atoms with E-state index in [2.05, 4.69) is 5.32 Å². The highest BCUT2D eigenvalue weighted by molar-refractivity contribution is 6.36. The van der Waals surface area contributed by atoms with Crippen molar-refractivity contribution >= 4 is 29.1 Å². The highest BCUT2D eigenvalue weighted by Crippen LogP contribution is 2.25. The van der Waals surface area contributed by atoms with Crippen LogP contribution in [0.1, 0.15) is 31.4 Å². The van der Waals surface area contributed by atoms with Gasteiger partial charge < -0.3 is 10.1 Å². The van der Waals surface area contributed by atoms with Crippen LogP contribution in [0.4, 0.5) is 0 Å². The number of halogens is 2. The second-order valence-corrected chi connectivity index (χ2v) is 6.61. The van der Waals surface area contributed by atoms with E-state index in [4.69, 9.17) is 27.9 Å². The van der Waals surface area contributed by atoms with Gasteiger partial charge in [-0.3, -0.25) is 4.79 Å². The number of carbonyl (C=O) groups is 1. The first-order valence-corrected chi connectivity index (χ1v) is 8.66. The first-order chi connectivity index (χ1) is 11.5. The van der Waals surface area contributed by atoms with Gasteiger partial charge in [-0.1, -0.05) is 41.4 Å². The van der Waals surface area contributed by atoms with Gasteiger partial charge in [-0.25, -0.2) is 0 Å². The summed E-state index contributed by atoms with van der Waals surface area (Å²) in [6.07, 6.45) is 0.974. The number of hydrogen-bond donors (Lipinski definition) is 1. The zero-order valence-electron chi connectivity index (χ0n) is 13.8. The van der Waals surface area contributed by atoms with Gasteiger partial charge in [0.05, 0.1) is 6.10 Å². The quantitative estimate of drug-likeness (QED) is 0.746. The Labute approximate surface area is 152 Å². The summed E-state index contributed by atoms with van der Waals surface area (Å²) in [7, 11) is 0. The summed E-state index contributed by atoms with van der Waals surface area (Å²) in [5.41, 5.74) is 1.81. The predicted molar refractivity (Wildman–Crippen MR) is 98.8 cm³/mol. The molecule has 128 valence electrons. The monoisotopic (exact) mass is 365 g/mol. The van der Waals surface area contributed by atoms with Crippen molar-refractivity contribution in [2.45, 2.75) is 39.3 Å². The molecule has 0 spiro atoms. The van der Waals surface area contributed by atoms with E-state index in [0.717, 1.165) is 16.9 Å². The van der Waals surface area contributed by atoms with Gasteiger partial charge in [-0.15, -0.1) is 0 Å². The van der Waals surface area contributed by atoms with Crippen molar-refractivity contribution in [1.82, 2.24) is 5.32 Å². The van der Waals surface area contributed by atoms with Gasteiger partial charge in [-0.2, -0.15) is 0 Å². The fraction of sp³-hybridized carbons (Fsp3) is 0.316. The van der Waals surface area contributed by atoms with Crippen molar-refractivity contribution in [3.05, 3.63) is 63.6 Å². The molecule has 0 saturated heterocycles. The minimum Gasteiger partial charge on any atom is -0.491 e. The number of nitrogens with one attached hydrogen (secondary N) is 1. The van der Waals surface area contributed by atoms with Crippen LogP contribution < -0.4 is 10.1 Å². The van der Waals surface area contributed by atoms with Crippen LogP contribution in [0.2, 0.25) is 10.0 Å². The molecule has 0 bridgehead atoms. The Bertz CT molecular complexity index is 681. The van der Waals surface area contributed by atoms with Crippen molar-refractivity contribution in [2.24, 2.45) is 0 Å². The van der Waals surface area contributed by atoms with Crippen molar-refractivity contribution in [2.75, 3.05) is 0 Å². The molecule has 1 amide bonds. The lowest BCUT2D eigenvalue weighted by atomic mass is 10.1. The molecule has 0 atom stereocenters. The third-order valence-electron chi connectivity index (χ3n) is 3.42. The van der Waals surface area contributed by atoms with Crippen LogP contribution in [0, 0.1) is 0 Å². The van der Waals surface area contributed by atoms with E-state index >= 15 is 0 Å². The van der Waals surface area contributed by atoms with E-state index in [1.807, 2.05) is 38.1 Å². The fourth-order valence-corrected chi connectivity index (χ4v) is 2.89. The molecule has 0 saturated carbocycles. The molecule has 0 radical (unpaired) electrons. The molecule has 2 aromatic carbocycles. The molecule has 0 unspecified atom stereocenters. The number of carbonyl (C=O) groups excluding carboxylic acids is 1. The van der Waals surface area contributed by atoms with Crippen molar-refractivity contribution in [3.8, 4) is 5.75 Å². The molecule has 0 heterocycles. The van der Waals surface area contributed by atoms with E-state index in [1.165, 1.54) is 0 Å². The Morgan fingerprint density at radius 3 is 2.46 bits per heavy atom. The van der Waals surface area contributed by atoms with Gasteiger partial charge in [-0.05, 0) is 55.7 Å². The Kier molecular flexibility index (Phi) is 6.95. The van der Waals surface area contributed by atoms with Crippen LogP contribution in [-0.2, 0) is 17.8 Å². The summed E-state index contributed by atoms with van der Waals surface area (Å²) in [6.45, 7) is 4.42. The van der Waals surface area contributed by atoms with E-state index < -0.39 is 0 Å².